The fourth-order valence-electron chi connectivity index (χ4n) is 0.887. The van der Waals surface area contributed by atoms with Gasteiger partial charge in [-0.1, -0.05) is 0 Å². The molecule has 0 saturated heterocycles. The van der Waals surface area contributed by atoms with Crippen LogP contribution in [0.4, 0.5) is 11.8 Å². The quantitative estimate of drug-likeness (QED) is 0.590. The summed E-state index contributed by atoms with van der Waals surface area (Å²) in [5.41, 5.74) is 6.31. The van der Waals surface area contributed by atoms with Gasteiger partial charge in [-0.15, -0.1) is 4.91 Å². The highest BCUT2D eigenvalue weighted by atomic mass is 16.3. The number of nitrogen functional groups attached to an aromatic ring is 1. The molecule has 0 unspecified atom stereocenters. The summed E-state index contributed by atoms with van der Waals surface area (Å²) in [7, 11) is 0. The van der Waals surface area contributed by atoms with E-state index in [0.717, 1.165) is 0 Å². The number of hydrogen-bond acceptors (Lipinski definition) is 6. The summed E-state index contributed by atoms with van der Waals surface area (Å²) in [5.74, 6) is -0.0416. The van der Waals surface area contributed by atoms with Crippen molar-refractivity contribution < 1.29 is 0 Å². The Morgan fingerprint density at radius 1 is 1.50 bits per heavy atom. The van der Waals surface area contributed by atoms with Gasteiger partial charge in [-0.25, -0.2) is 4.98 Å². The summed E-state index contributed by atoms with van der Waals surface area (Å²) in [6.07, 6.45) is 1.42. The molecular weight excluding hydrogens is 160 g/mol. The second-order valence-corrected chi connectivity index (χ2v) is 2.10. The number of nitrogens with two attached hydrogens (primary N) is 1. The van der Waals surface area contributed by atoms with Crippen molar-refractivity contribution in [2.24, 2.45) is 5.18 Å². The van der Waals surface area contributed by atoms with E-state index in [1.807, 2.05) is 0 Å². The summed E-state index contributed by atoms with van der Waals surface area (Å²) < 4.78 is 0. The minimum atomic E-state index is -0.191. The average molecular weight is 164 g/mol. The van der Waals surface area contributed by atoms with Gasteiger partial charge in [0.1, 0.15) is 5.52 Å². The van der Waals surface area contributed by atoms with Crippen molar-refractivity contribution in [2.75, 3.05) is 5.73 Å². The van der Waals surface area contributed by atoms with Crippen LogP contribution in [-0.2, 0) is 0 Å². The molecule has 2 rings (SSSR count). The van der Waals surface area contributed by atoms with E-state index in [1.54, 1.807) is 0 Å². The van der Waals surface area contributed by atoms with Crippen LogP contribution >= 0.6 is 0 Å². The molecule has 0 aliphatic rings. The number of nitroso groups, excluding NO2 is 1. The minimum Gasteiger partial charge on any atom is -0.382 e. The Balaban J connectivity index is 2.83. The van der Waals surface area contributed by atoms with Gasteiger partial charge >= 0.3 is 0 Å². The number of rotatable bonds is 1. The number of nitrogens with zero attached hydrogens (tertiary/aromatic N) is 4. The highest BCUT2D eigenvalue weighted by Crippen LogP contribution is 2.15. The van der Waals surface area contributed by atoms with Crippen molar-refractivity contribution in [3.8, 4) is 0 Å². The highest BCUT2D eigenvalue weighted by Gasteiger charge is 2.06. The van der Waals surface area contributed by atoms with Gasteiger partial charge in [-0.2, -0.15) is 9.97 Å². The van der Waals surface area contributed by atoms with E-state index >= 15 is 0 Å². The average Bonchev–Trinajstić information content (AvgIpc) is 2.52. The molecule has 2 aromatic heterocycles. The van der Waals surface area contributed by atoms with Gasteiger partial charge in [0.15, 0.2) is 11.5 Å². The van der Waals surface area contributed by atoms with Crippen LogP contribution in [0.2, 0.25) is 0 Å². The third-order valence-corrected chi connectivity index (χ3v) is 1.38. The van der Waals surface area contributed by atoms with Crippen LogP contribution in [0.15, 0.2) is 11.5 Å². The summed E-state index contributed by atoms with van der Waals surface area (Å²) in [5, 5.41) is 2.56. The molecule has 0 saturated carbocycles. The van der Waals surface area contributed by atoms with Crippen LogP contribution in [0, 0.1) is 4.91 Å². The summed E-state index contributed by atoms with van der Waals surface area (Å²) in [6.45, 7) is 0. The van der Waals surface area contributed by atoms with Gasteiger partial charge in [-0.3, -0.25) is 0 Å². The zero-order valence-electron chi connectivity index (χ0n) is 5.85. The molecular formula is C5H4N6O. The predicted octanol–water partition coefficient (Wildman–Crippen LogP) is 0.333. The minimum absolute atomic E-state index is 0.149. The Morgan fingerprint density at radius 3 is 3.08 bits per heavy atom. The zero-order chi connectivity index (χ0) is 8.55. The molecule has 12 heavy (non-hydrogen) atoms. The lowest BCUT2D eigenvalue weighted by Gasteiger charge is -1.92. The number of nitrogens with one attached hydrogen (secondary N) is 1. The van der Waals surface area contributed by atoms with E-state index < -0.39 is 0 Å². The Hall–Kier alpha value is -2.05. The number of anilines is 1. The SMILES string of the molecule is Nc1nc(N=O)nc2[nH]cnc12. The lowest BCUT2D eigenvalue weighted by molar-refractivity contribution is 1.16. The Kier molecular flexibility index (Phi) is 1.23. The van der Waals surface area contributed by atoms with Gasteiger partial charge < -0.3 is 10.7 Å². The molecule has 0 spiro atoms. The molecule has 3 N–H and O–H groups in total. The monoisotopic (exact) mass is 164 g/mol. The van der Waals surface area contributed by atoms with Crippen molar-refractivity contribution in [2.45, 2.75) is 0 Å². The zero-order valence-corrected chi connectivity index (χ0v) is 5.85. The lowest BCUT2D eigenvalue weighted by Crippen LogP contribution is -1.93. The summed E-state index contributed by atoms with van der Waals surface area (Å²) in [6, 6.07) is 0. The van der Waals surface area contributed by atoms with Crippen LogP contribution in [0.5, 0.6) is 0 Å². The number of fused-ring (bicyclic) bond motifs is 1. The number of hydrogen-bond donors (Lipinski definition) is 2. The summed E-state index contributed by atoms with van der Waals surface area (Å²) >= 11 is 0. The third-order valence-electron chi connectivity index (χ3n) is 1.38. The van der Waals surface area contributed by atoms with Crippen LogP contribution in [-0.4, -0.2) is 19.9 Å². The first-order valence-corrected chi connectivity index (χ1v) is 3.11. The van der Waals surface area contributed by atoms with Gasteiger partial charge in [-0.05, 0) is 0 Å². The number of aromatic amines is 1. The van der Waals surface area contributed by atoms with Crippen molar-refractivity contribution in [1.82, 2.24) is 19.9 Å². The molecule has 0 fully saturated rings. The van der Waals surface area contributed by atoms with Crippen molar-refractivity contribution >= 4 is 22.9 Å². The molecule has 60 valence electrons. The van der Waals surface area contributed by atoms with Crippen LogP contribution < -0.4 is 5.73 Å². The first-order valence-electron chi connectivity index (χ1n) is 3.11. The predicted molar refractivity (Wildman–Crippen MR) is 41.6 cm³/mol. The standard InChI is InChI=1S/C5H4N6O/c6-3-2-4(8-1-7-2)10-5(9-3)11-12/h1H,(H3,6,7,8,9,10). The molecule has 0 amide bonds. The van der Waals surface area contributed by atoms with Crippen LogP contribution in [0.3, 0.4) is 0 Å². The number of imidazole rings is 1. The first-order chi connectivity index (χ1) is 5.81. The summed E-state index contributed by atoms with van der Waals surface area (Å²) in [4.78, 5) is 23.9. The fraction of sp³-hybridized carbons (Fsp3) is 0. The second-order valence-electron chi connectivity index (χ2n) is 2.10. The van der Waals surface area contributed by atoms with Gasteiger partial charge in [0.25, 0.3) is 5.95 Å². The Morgan fingerprint density at radius 2 is 2.33 bits per heavy atom. The molecule has 7 nitrogen and oxygen atoms in total. The van der Waals surface area contributed by atoms with E-state index in [1.165, 1.54) is 6.33 Å². The molecule has 0 bridgehead atoms. The van der Waals surface area contributed by atoms with E-state index in [4.69, 9.17) is 5.73 Å². The van der Waals surface area contributed by atoms with E-state index in [9.17, 15) is 4.91 Å². The Bertz CT molecular complexity index is 434. The molecule has 0 atom stereocenters. The van der Waals surface area contributed by atoms with Crippen molar-refractivity contribution in [1.29, 1.82) is 0 Å². The van der Waals surface area contributed by atoms with E-state index in [2.05, 4.69) is 25.1 Å². The number of aromatic nitrogens is 4. The molecule has 2 heterocycles. The lowest BCUT2D eigenvalue weighted by atomic mass is 10.5. The first kappa shape index (κ1) is 6.65. The maximum atomic E-state index is 10.1. The highest BCUT2D eigenvalue weighted by molar-refractivity contribution is 5.81. The Labute approximate surface area is 66.0 Å². The topological polar surface area (TPSA) is 110 Å². The van der Waals surface area contributed by atoms with Crippen molar-refractivity contribution in [3.63, 3.8) is 0 Å². The third kappa shape index (κ3) is 0.797. The molecule has 0 aliphatic heterocycles. The van der Waals surface area contributed by atoms with Gasteiger partial charge in [0.05, 0.1) is 6.33 Å². The smallest absolute Gasteiger partial charge is 0.295 e. The maximum Gasteiger partial charge on any atom is 0.295 e. The van der Waals surface area contributed by atoms with E-state index in [0.29, 0.717) is 11.2 Å². The molecule has 2 aromatic rings. The van der Waals surface area contributed by atoms with Crippen molar-refractivity contribution in [3.05, 3.63) is 11.2 Å². The number of H-pyrrole nitrogens is 1. The normalized spacial score (nSPS) is 10.3. The van der Waals surface area contributed by atoms with Gasteiger partial charge in [0, 0.05) is 5.18 Å². The fourth-order valence-corrected chi connectivity index (χ4v) is 0.887. The second kappa shape index (κ2) is 2.22. The maximum absolute atomic E-state index is 10.1. The molecule has 0 radical (unpaired) electrons. The van der Waals surface area contributed by atoms with Crippen LogP contribution in [0.25, 0.3) is 11.2 Å². The van der Waals surface area contributed by atoms with E-state index in [-0.39, 0.29) is 11.8 Å². The van der Waals surface area contributed by atoms with Crippen LogP contribution in [0.1, 0.15) is 0 Å². The largest absolute Gasteiger partial charge is 0.382 e. The molecule has 0 aromatic carbocycles. The molecule has 0 aliphatic carbocycles. The molecule has 7 heteroatoms. The van der Waals surface area contributed by atoms with Gasteiger partial charge in [0.2, 0.25) is 0 Å².